The summed E-state index contributed by atoms with van der Waals surface area (Å²) in [4.78, 5) is 24.0. The maximum absolute atomic E-state index is 12.7. The highest BCUT2D eigenvalue weighted by atomic mass is 35.5. The summed E-state index contributed by atoms with van der Waals surface area (Å²) in [6.07, 6.45) is 4.74. The number of aromatic amines is 1. The van der Waals surface area contributed by atoms with Gasteiger partial charge in [-0.2, -0.15) is 5.10 Å². The molecule has 9 nitrogen and oxygen atoms in total. The molecule has 1 aromatic carbocycles. The molecule has 4 aromatic rings. The average molecular weight is 489 g/mol. The molecule has 4 rings (SSSR count). The summed E-state index contributed by atoms with van der Waals surface area (Å²) < 4.78 is 12.8. The molecule has 0 radical (unpaired) electrons. The van der Waals surface area contributed by atoms with E-state index in [2.05, 4.69) is 25.4 Å². The maximum Gasteiger partial charge on any atom is 0.278 e. The van der Waals surface area contributed by atoms with E-state index in [0.29, 0.717) is 53.3 Å². The van der Waals surface area contributed by atoms with E-state index in [-0.39, 0.29) is 11.7 Å². The van der Waals surface area contributed by atoms with Crippen LogP contribution in [0.1, 0.15) is 17.2 Å². The highest BCUT2D eigenvalue weighted by Gasteiger charge is 2.14. The fraction of sp³-hybridized carbons (Fsp3) is 0.273. The predicted octanol–water partition coefficient (Wildman–Crippen LogP) is 3.84. The molecule has 0 bridgehead atoms. The van der Waals surface area contributed by atoms with Gasteiger partial charge in [-0.25, -0.2) is 4.98 Å². The van der Waals surface area contributed by atoms with E-state index in [9.17, 15) is 4.79 Å². The average Bonchev–Trinajstić information content (AvgIpc) is 3.23. The number of halogens is 2. The number of anilines is 1. The van der Waals surface area contributed by atoms with Crippen molar-refractivity contribution in [3.8, 4) is 0 Å². The summed E-state index contributed by atoms with van der Waals surface area (Å²) in [5.74, 6) is 0.339. The minimum atomic E-state index is -0.296. The van der Waals surface area contributed by atoms with Gasteiger partial charge in [0.1, 0.15) is 11.6 Å². The number of fused-ring (bicyclic) bond motifs is 1. The van der Waals surface area contributed by atoms with Gasteiger partial charge in [-0.05, 0) is 23.8 Å². The van der Waals surface area contributed by atoms with Crippen molar-refractivity contribution < 1.29 is 9.47 Å². The van der Waals surface area contributed by atoms with Gasteiger partial charge in [0.15, 0.2) is 5.52 Å². The van der Waals surface area contributed by atoms with Gasteiger partial charge in [-0.15, -0.1) is 0 Å². The molecule has 0 saturated heterocycles. The fourth-order valence-electron chi connectivity index (χ4n) is 3.33. The number of hydrogen-bond acceptors (Lipinski definition) is 7. The van der Waals surface area contributed by atoms with Crippen molar-refractivity contribution in [3.05, 3.63) is 80.4 Å². The molecule has 0 spiro atoms. The molecule has 11 heteroatoms. The third-order valence-corrected chi connectivity index (χ3v) is 5.68. The first-order valence-electron chi connectivity index (χ1n) is 10.2. The number of rotatable bonds is 10. The van der Waals surface area contributed by atoms with Gasteiger partial charge in [-0.3, -0.25) is 19.4 Å². The summed E-state index contributed by atoms with van der Waals surface area (Å²) in [6, 6.07) is 9.10. The third kappa shape index (κ3) is 5.69. The Morgan fingerprint density at radius 1 is 1.21 bits per heavy atom. The summed E-state index contributed by atoms with van der Waals surface area (Å²) in [7, 11) is 1.62. The van der Waals surface area contributed by atoms with Gasteiger partial charge in [0, 0.05) is 31.6 Å². The first-order valence-corrected chi connectivity index (χ1v) is 10.9. The number of nitrogens with zero attached hydrogens (tertiary/aromatic N) is 4. The molecular weight excluding hydrogens is 467 g/mol. The topological polar surface area (TPSA) is 107 Å². The molecular formula is C22H22Cl2N6O3. The molecule has 0 saturated carbocycles. The molecule has 3 aromatic heterocycles. The Kier molecular flexibility index (Phi) is 7.56. The predicted molar refractivity (Wildman–Crippen MR) is 127 cm³/mol. The summed E-state index contributed by atoms with van der Waals surface area (Å²) in [5.41, 5.74) is 2.38. The molecule has 0 fully saturated rings. The third-order valence-electron chi connectivity index (χ3n) is 4.94. The molecule has 3 heterocycles. The number of aromatic nitrogens is 5. The largest absolute Gasteiger partial charge is 0.382 e. The second-order valence-electron chi connectivity index (χ2n) is 7.22. The summed E-state index contributed by atoms with van der Waals surface area (Å²) in [6.45, 7) is 1.52. The lowest BCUT2D eigenvalue weighted by molar-refractivity contribution is -0.00721. The van der Waals surface area contributed by atoms with Gasteiger partial charge >= 0.3 is 0 Å². The van der Waals surface area contributed by atoms with Crippen LogP contribution < -0.4 is 10.9 Å². The van der Waals surface area contributed by atoms with Crippen LogP contribution in [0.15, 0.2) is 53.7 Å². The van der Waals surface area contributed by atoms with Gasteiger partial charge in [-0.1, -0.05) is 35.3 Å². The lowest BCUT2D eigenvalue weighted by Crippen LogP contribution is -2.19. The Labute approximate surface area is 199 Å². The van der Waals surface area contributed by atoms with Gasteiger partial charge in [0.25, 0.3) is 5.56 Å². The zero-order valence-corrected chi connectivity index (χ0v) is 19.3. The van der Waals surface area contributed by atoms with Crippen LogP contribution in [0.5, 0.6) is 0 Å². The number of nitrogens with one attached hydrogen (secondary N) is 2. The molecule has 0 amide bonds. The first-order chi connectivity index (χ1) is 16.0. The first kappa shape index (κ1) is 23.2. The van der Waals surface area contributed by atoms with Crippen molar-refractivity contribution in [2.75, 3.05) is 25.6 Å². The quantitative estimate of drug-likeness (QED) is 0.349. The van der Waals surface area contributed by atoms with Crippen molar-refractivity contribution in [3.63, 3.8) is 0 Å². The lowest BCUT2D eigenvalue weighted by Gasteiger charge is -2.17. The SMILES string of the molecule is COCC(OCCn1ncc2nc(NCc3ccc(Cl)c(Cl)c3)[nH]c(=O)c21)c1cccnc1. The van der Waals surface area contributed by atoms with Crippen LogP contribution in [0.25, 0.3) is 11.0 Å². The van der Waals surface area contributed by atoms with Gasteiger partial charge < -0.3 is 14.8 Å². The van der Waals surface area contributed by atoms with Crippen LogP contribution in [0.4, 0.5) is 5.95 Å². The van der Waals surface area contributed by atoms with E-state index >= 15 is 0 Å². The highest BCUT2D eigenvalue weighted by molar-refractivity contribution is 6.42. The Bertz CT molecular complexity index is 1280. The van der Waals surface area contributed by atoms with Crippen LogP contribution in [0.3, 0.4) is 0 Å². The number of H-pyrrole nitrogens is 1. The van der Waals surface area contributed by atoms with Crippen LogP contribution in [-0.2, 0) is 22.6 Å². The van der Waals surface area contributed by atoms with E-state index in [1.807, 2.05) is 18.2 Å². The van der Waals surface area contributed by atoms with Crippen molar-refractivity contribution in [1.29, 1.82) is 0 Å². The van der Waals surface area contributed by atoms with E-state index in [1.54, 1.807) is 42.5 Å². The summed E-state index contributed by atoms with van der Waals surface area (Å²) in [5, 5.41) is 8.34. The molecule has 172 valence electrons. The number of pyridine rings is 1. The summed E-state index contributed by atoms with van der Waals surface area (Å²) >= 11 is 12.0. The van der Waals surface area contributed by atoms with Crippen LogP contribution in [-0.4, -0.2) is 45.1 Å². The van der Waals surface area contributed by atoms with Crippen molar-refractivity contribution in [2.45, 2.75) is 19.2 Å². The normalized spacial score (nSPS) is 12.2. The maximum atomic E-state index is 12.7. The molecule has 0 aliphatic rings. The highest BCUT2D eigenvalue weighted by Crippen LogP contribution is 2.23. The van der Waals surface area contributed by atoms with Gasteiger partial charge in [0.05, 0.1) is 36.0 Å². The zero-order valence-electron chi connectivity index (χ0n) is 17.8. The number of hydrogen-bond donors (Lipinski definition) is 2. The molecule has 0 aliphatic carbocycles. The minimum Gasteiger partial charge on any atom is -0.382 e. The van der Waals surface area contributed by atoms with E-state index in [1.165, 1.54) is 0 Å². The number of ether oxygens (including phenoxy) is 2. The lowest BCUT2D eigenvalue weighted by atomic mass is 10.2. The van der Waals surface area contributed by atoms with E-state index in [0.717, 1.165) is 11.1 Å². The number of methoxy groups -OCH3 is 1. The van der Waals surface area contributed by atoms with Crippen molar-refractivity contribution in [2.24, 2.45) is 0 Å². The second kappa shape index (κ2) is 10.8. The smallest absolute Gasteiger partial charge is 0.278 e. The van der Waals surface area contributed by atoms with E-state index in [4.69, 9.17) is 32.7 Å². The monoisotopic (exact) mass is 488 g/mol. The Morgan fingerprint density at radius 2 is 2.09 bits per heavy atom. The Morgan fingerprint density at radius 3 is 2.85 bits per heavy atom. The van der Waals surface area contributed by atoms with Crippen LogP contribution in [0.2, 0.25) is 10.0 Å². The molecule has 0 aliphatic heterocycles. The van der Waals surface area contributed by atoms with Crippen LogP contribution in [0, 0.1) is 0 Å². The molecule has 1 atom stereocenters. The second-order valence-corrected chi connectivity index (χ2v) is 8.03. The number of benzene rings is 1. The Hall–Kier alpha value is -2.98. The van der Waals surface area contributed by atoms with Gasteiger partial charge in [0.2, 0.25) is 5.95 Å². The molecule has 2 N–H and O–H groups in total. The fourth-order valence-corrected chi connectivity index (χ4v) is 3.66. The van der Waals surface area contributed by atoms with E-state index < -0.39 is 0 Å². The zero-order chi connectivity index (χ0) is 23.2. The minimum absolute atomic E-state index is 0.265. The standard InChI is InChI=1S/C22H22Cl2N6O3/c1-32-13-19(15-3-2-6-25-11-15)33-8-7-30-20-18(12-27-30)28-22(29-21(20)31)26-10-14-4-5-16(23)17(24)9-14/h2-6,9,11-12,19H,7-8,10,13H2,1H3,(H2,26,28,29,31). The Balaban J connectivity index is 1.42. The molecule has 1 unspecified atom stereocenters. The van der Waals surface area contributed by atoms with Crippen molar-refractivity contribution in [1.82, 2.24) is 24.7 Å². The van der Waals surface area contributed by atoms with Crippen LogP contribution >= 0.6 is 23.2 Å². The van der Waals surface area contributed by atoms with Crippen molar-refractivity contribution >= 4 is 40.2 Å². The molecule has 33 heavy (non-hydrogen) atoms.